The van der Waals surface area contributed by atoms with Crippen LogP contribution in [0.2, 0.25) is 0 Å². The van der Waals surface area contributed by atoms with E-state index in [9.17, 15) is 18.0 Å². The van der Waals surface area contributed by atoms with E-state index in [1.165, 1.54) is 12.1 Å². The van der Waals surface area contributed by atoms with E-state index in [1.807, 2.05) is 6.92 Å². The van der Waals surface area contributed by atoms with Crippen LogP contribution in [-0.2, 0) is 14.8 Å². The van der Waals surface area contributed by atoms with Crippen LogP contribution in [0.15, 0.2) is 53.4 Å². The molecule has 0 aliphatic carbocycles. The largest absolute Gasteiger partial charge is 0.497 e. The number of ether oxygens (including phenoxy) is 2. The summed E-state index contributed by atoms with van der Waals surface area (Å²) in [7, 11) is -2.25. The molecule has 1 unspecified atom stereocenters. The van der Waals surface area contributed by atoms with Crippen LogP contribution in [0.5, 0.6) is 11.5 Å². The average Bonchev–Trinajstić information content (AvgIpc) is 2.93. The lowest BCUT2D eigenvalue weighted by molar-refractivity contribution is -0.122. The molecule has 3 rings (SSSR count). The van der Waals surface area contributed by atoms with Gasteiger partial charge >= 0.3 is 0 Å². The van der Waals surface area contributed by atoms with Gasteiger partial charge in [0.1, 0.15) is 23.0 Å². The second-order valence-corrected chi connectivity index (χ2v) is 8.77. The summed E-state index contributed by atoms with van der Waals surface area (Å²) in [6.07, 6.45) is 0.333. The Morgan fingerprint density at radius 2 is 1.77 bits per heavy atom. The van der Waals surface area contributed by atoms with Gasteiger partial charge in [-0.15, -0.1) is 0 Å². The van der Waals surface area contributed by atoms with E-state index < -0.39 is 15.9 Å². The minimum Gasteiger partial charge on any atom is -0.497 e. The molecule has 0 aromatic heterocycles. The lowest BCUT2D eigenvalue weighted by atomic mass is 10.2. The third-order valence-corrected chi connectivity index (χ3v) is 6.48. The first-order chi connectivity index (χ1) is 14.3. The zero-order valence-electron chi connectivity index (χ0n) is 16.8. The fourth-order valence-electron chi connectivity index (χ4n) is 3.12. The summed E-state index contributed by atoms with van der Waals surface area (Å²) in [4.78, 5) is 24.5. The third-order valence-electron chi connectivity index (χ3n) is 4.64. The highest BCUT2D eigenvalue weighted by Gasteiger charge is 2.40. The van der Waals surface area contributed by atoms with Gasteiger partial charge in [-0.25, -0.2) is 12.7 Å². The summed E-state index contributed by atoms with van der Waals surface area (Å²) in [5, 5.41) is 2.81. The van der Waals surface area contributed by atoms with Crippen molar-refractivity contribution in [1.29, 1.82) is 0 Å². The number of amides is 2. The number of rotatable bonds is 9. The molecule has 2 amide bonds. The molecule has 1 atom stereocenters. The van der Waals surface area contributed by atoms with E-state index in [-0.39, 0.29) is 48.4 Å². The first kappa shape index (κ1) is 21.6. The van der Waals surface area contributed by atoms with Gasteiger partial charge in [0.2, 0.25) is 5.91 Å². The van der Waals surface area contributed by atoms with Crippen LogP contribution in [0.3, 0.4) is 0 Å². The van der Waals surface area contributed by atoms with Gasteiger partial charge in [-0.2, -0.15) is 0 Å². The van der Waals surface area contributed by atoms with Gasteiger partial charge < -0.3 is 14.8 Å². The molecule has 2 aromatic carbocycles. The molecule has 0 spiro atoms. The summed E-state index contributed by atoms with van der Waals surface area (Å²) in [5.74, 6) is 0.606. The van der Waals surface area contributed by atoms with Crippen LogP contribution < -0.4 is 14.8 Å². The molecule has 0 radical (unpaired) electrons. The second-order valence-electron chi connectivity index (χ2n) is 6.94. The summed E-state index contributed by atoms with van der Waals surface area (Å²) >= 11 is 0. The highest BCUT2D eigenvalue weighted by molar-refractivity contribution is 7.90. The van der Waals surface area contributed by atoms with Crippen LogP contribution in [-0.4, -0.2) is 50.8 Å². The smallest absolute Gasteiger partial charge is 0.269 e. The van der Waals surface area contributed by atoms with Gasteiger partial charge in [0.25, 0.3) is 15.9 Å². The zero-order valence-corrected chi connectivity index (χ0v) is 17.6. The van der Waals surface area contributed by atoms with E-state index in [2.05, 4.69) is 5.32 Å². The van der Waals surface area contributed by atoms with E-state index in [0.29, 0.717) is 5.75 Å². The molecule has 1 heterocycles. The molecule has 8 nitrogen and oxygen atoms in total. The highest BCUT2D eigenvalue weighted by Crippen LogP contribution is 2.30. The number of methoxy groups -OCH3 is 1. The molecule has 1 N–H and O–H groups in total. The molecule has 0 fully saturated rings. The van der Waals surface area contributed by atoms with Crippen molar-refractivity contribution in [2.75, 3.05) is 20.3 Å². The Labute approximate surface area is 175 Å². The average molecular weight is 432 g/mol. The van der Waals surface area contributed by atoms with Crippen LogP contribution in [0.4, 0.5) is 0 Å². The van der Waals surface area contributed by atoms with Gasteiger partial charge in [0.15, 0.2) is 0 Å². The Morgan fingerprint density at radius 3 is 2.43 bits per heavy atom. The number of benzene rings is 2. The molecule has 0 saturated carbocycles. The molecule has 2 aromatic rings. The van der Waals surface area contributed by atoms with Crippen molar-refractivity contribution in [1.82, 2.24) is 9.62 Å². The molecule has 30 heavy (non-hydrogen) atoms. The van der Waals surface area contributed by atoms with Crippen molar-refractivity contribution in [3.05, 3.63) is 54.1 Å². The highest BCUT2D eigenvalue weighted by atomic mass is 32.2. The number of fused-ring (bicyclic) bond motifs is 1. The quantitative estimate of drug-likeness (QED) is 0.652. The number of nitrogens with zero attached hydrogens (tertiary/aromatic N) is 1. The SMILES string of the molecule is COc1ccc(OCC(C)NC(=O)CCCN2C(=O)c3ccccc3S2(=O)=O)cc1. The monoisotopic (exact) mass is 432 g/mol. The lowest BCUT2D eigenvalue weighted by Gasteiger charge is -2.17. The van der Waals surface area contributed by atoms with Gasteiger partial charge in [-0.1, -0.05) is 12.1 Å². The molecule has 1 aliphatic heterocycles. The molecular weight excluding hydrogens is 408 g/mol. The summed E-state index contributed by atoms with van der Waals surface area (Å²) in [6.45, 7) is 2.05. The molecule has 0 bridgehead atoms. The molecule has 1 aliphatic rings. The number of carbonyl (C=O) groups excluding carboxylic acids is 2. The molecule has 160 valence electrons. The maximum Gasteiger partial charge on any atom is 0.269 e. The van der Waals surface area contributed by atoms with Crippen molar-refractivity contribution < 1.29 is 27.5 Å². The van der Waals surface area contributed by atoms with Crippen molar-refractivity contribution in [2.24, 2.45) is 0 Å². The normalized spacial score (nSPS) is 15.4. The van der Waals surface area contributed by atoms with Gasteiger partial charge in [-0.3, -0.25) is 9.59 Å². The Kier molecular flexibility index (Phi) is 6.61. The fourth-order valence-corrected chi connectivity index (χ4v) is 4.72. The minimum atomic E-state index is -3.84. The Bertz CT molecular complexity index is 1020. The van der Waals surface area contributed by atoms with Crippen LogP contribution in [0.1, 0.15) is 30.1 Å². The van der Waals surface area contributed by atoms with Crippen LogP contribution >= 0.6 is 0 Å². The zero-order chi connectivity index (χ0) is 21.7. The second kappa shape index (κ2) is 9.17. The first-order valence-electron chi connectivity index (χ1n) is 9.55. The number of sulfonamides is 1. The van der Waals surface area contributed by atoms with Crippen molar-refractivity contribution in [3.63, 3.8) is 0 Å². The number of hydrogen-bond donors (Lipinski definition) is 1. The van der Waals surface area contributed by atoms with Crippen LogP contribution in [0.25, 0.3) is 0 Å². The Hall–Kier alpha value is -3.07. The third kappa shape index (κ3) is 4.73. The van der Waals surface area contributed by atoms with Gasteiger partial charge in [0.05, 0.1) is 18.7 Å². The number of nitrogens with one attached hydrogen (secondary N) is 1. The van der Waals surface area contributed by atoms with E-state index in [4.69, 9.17) is 9.47 Å². The standard InChI is InChI=1S/C21H24N2O6S/c1-15(14-29-17-11-9-16(28-2)10-12-17)22-20(24)8-5-13-23-21(25)18-6-3-4-7-19(18)30(23,26)27/h3-4,6-7,9-12,15H,5,8,13-14H2,1-2H3,(H,22,24). The predicted octanol–water partition coefficient (Wildman–Crippen LogP) is 2.20. The first-order valence-corrected chi connectivity index (χ1v) is 11.0. The predicted molar refractivity (Wildman–Crippen MR) is 110 cm³/mol. The Balaban J connectivity index is 1.43. The van der Waals surface area contributed by atoms with Gasteiger partial charge in [0, 0.05) is 13.0 Å². The van der Waals surface area contributed by atoms with Gasteiger partial charge in [-0.05, 0) is 49.7 Å². The fraction of sp³-hybridized carbons (Fsp3) is 0.333. The topological polar surface area (TPSA) is 102 Å². The van der Waals surface area contributed by atoms with Crippen molar-refractivity contribution >= 4 is 21.8 Å². The maximum absolute atomic E-state index is 12.5. The van der Waals surface area contributed by atoms with Crippen molar-refractivity contribution in [3.8, 4) is 11.5 Å². The lowest BCUT2D eigenvalue weighted by Crippen LogP contribution is -2.37. The number of hydrogen-bond acceptors (Lipinski definition) is 6. The molecular formula is C21H24N2O6S. The van der Waals surface area contributed by atoms with Crippen molar-refractivity contribution in [2.45, 2.75) is 30.7 Å². The minimum absolute atomic E-state index is 0.0174. The molecule has 0 saturated heterocycles. The summed E-state index contributed by atoms with van der Waals surface area (Å²) in [6, 6.07) is 13.0. The van der Waals surface area contributed by atoms with E-state index in [0.717, 1.165) is 10.1 Å². The maximum atomic E-state index is 12.5. The Morgan fingerprint density at radius 1 is 1.10 bits per heavy atom. The van der Waals surface area contributed by atoms with Crippen LogP contribution in [0, 0.1) is 0 Å². The van der Waals surface area contributed by atoms with E-state index in [1.54, 1.807) is 43.5 Å². The van der Waals surface area contributed by atoms with E-state index >= 15 is 0 Å². The summed E-state index contributed by atoms with van der Waals surface area (Å²) < 4.78 is 36.5. The number of carbonyl (C=O) groups is 2. The molecule has 9 heteroatoms. The summed E-state index contributed by atoms with van der Waals surface area (Å²) in [5.41, 5.74) is 0.172.